The van der Waals surface area contributed by atoms with Crippen molar-refractivity contribution >= 4 is 72.2 Å². The number of hydrogen-bond acceptors (Lipinski definition) is 4. The molecule has 12 heteroatoms. The van der Waals surface area contributed by atoms with Crippen molar-refractivity contribution in [3.63, 3.8) is 0 Å². The van der Waals surface area contributed by atoms with E-state index in [0.717, 1.165) is 0 Å². The summed E-state index contributed by atoms with van der Waals surface area (Å²) in [5.41, 5.74) is 0. The molecule has 8 nitrogen and oxygen atoms in total. The molecular weight excluding hydrogens is 286 g/mol. The summed E-state index contributed by atoms with van der Waals surface area (Å²) in [6.07, 6.45) is 0. The van der Waals surface area contributed by atoms with E-state index < -0.39 is 20.8 Å². The van der Waals surface area contributed by atoms with E-state index in [2.05, 4.69) is 0 Å². The summed E-state index contributed by atoms with van der Waals surface area (Å²) in [6, 6.07) is 0. The molecule has 73 valence electrons. The Morgan fingerprint density at radius 3 is 0.667 bits per heavy atom. The van der Waals surface area contributed by atoms with Gasteiger partial charge in [-0.25, -0.2) is 0 Å². The van der Waals surface area contributed by atoms with Gasteiger partial charge in [0.25, 0.3) is 0 Å². The SMILES string of the molecule is O=S(=O)(O)O.O=S(=O)(O)O.[KH].[Mn]. The van der Waals surface area contributed by atoms with E-state index in [-0.39, 0.29) is 68.5 Å². The van der Waals surface area contributed by atoms with Crippen molar-refractivity contribution < 1.29 is 52.1 Å². The molecule has 0 aliphatic heterocycles. The summed E-state index contributed by atoms with van der Waals surface area (Å²) in [6.45, 7) is 0. The van der Waals surface area contributed by atoms with Crippen molar-refractivity contribution in [2.24, 2.45) is 0 Å². The normalized spacial score (nSPS) is 9.67. The van der Waals surface area contributed by atoms with Crippen LogP contribution < -0.4 is 0 Å². The third-order valence-electron chi connectivity index (χ3n) is 0. The summed E-state index contributed by atoms with van der Waals surface area (Å²) >= 11 is 0. The topological polar surface area (TPSA) is 149 Å². The van der Waals surface area contributed by atoms with Gasteiger partial charge in [-0.1, -0.05) is 0 Å². The van der Waals surface area contributed by atoms with Crippen LogP contribution in [0.2, 0.25) is 0 Å². The molecule has 0 aromatic heterocycles. The van der Waals surface area contributed by atoms with E-state index in [1.807, 2.05) is 0 Å². The molecule has 12 heavy (non-hydrogen) atoms. The molecule has 0 heterocycles. The molecule has 0 amide bonds. The van der Waals surface area contributed by atoms with Crippen LogP contribution in [0.15, 0.2) is 0 Å². The summed E-state index contributed by atoms with van der Waals surface area (Å²) in [7, 11) is -9.33. The van der Waals surface area contributed by atoms with Gasteiger partial charge in [0.2, 0.25) is 0 Å². The van der Waals surface area contributed by atoms with Crippen LogP contribution in [-0.4, -0.2) is 86.4 Å². The smallest absolute Gasteiger partial charge is 0 e. The van der Waals surface area contributed by atoms with Gasteiger partial charge in [0, 0.05) is 17.1 Å². The van der Waals surface area contributed by atoms with Crippen LogP contribution in [0, 0.1) is 0 Å². The number of rotatable bonds is 0. The molecule has 0 fully saturated rings. The largest absolute Gasteiger partial charge is 0 e. The molecule has 4 N–H and O–H groups in total. The van der Waals surface area contributed by atoms with Crippen LogP contribution in [0.1, 0.15) is 0 Å². The Labute approximate surface area is 122 Å². The second kappa shape index (κ2) is 9.45. The Hall–Kier alpha value is 1.90. The Morgan fingerprint density at radius 1 is 0.667 bits per heavy atom. The zero-order chi connectivity index (χ0) is 9.00. The molecule has 0 aliphatic carbocycles. The van der Waals surface area contributed by atoms with Crippen LogP contribution in [0.25, 0.3) is 0 Å². The van der Waals surface area contributed by atoms with E-state index in [1.54, 1.807) is 0 Å². The first-order chi connectivity index (χ1) is 4.00. The van der Waals surface area contributed by atoms with Crippen molar-refractivity contribution in [1.82, 2.24) is 0 Å². The van der Waals surface area contributed by atoms with Gasteiger partial charge in [-0.2, -0.15) is 16.8 Å². The molecule has 0 unspecified atom stereocenters. The monoisotopic (exact) mass is 291 g/mol. The molecule has 0 spiro atoms. The van der Waals surface area contributed by atoms with Crippen molar-refractivity contribution in [1.29, 1.82) is 0 Å². The molecule has 0 saturated carbocycles. The Balaban J connectivity index is -0.0000000457. The third kappa shape index (κ3) is 393. The first-order valence-electron chi connectivity index (χ1n) is 1.40. The van der Waals surface area contributed by atoms with E-state index >= 15 is 0 Å². The van der Waals surface area contributed by atoms with Crippen molar-refractivity contribution in [2.45, 2.75) is 0 Å². The molecule has 0 aromatic rings. The fourth-order valence-electron chi connectivity index (χ4n) is 0. The van der Waals surface area contributed by atoms with E-state index in [4.69, 9.17) is 35.0 Å². The quantitative estimate of drug-likeness (QED) is 0.297. The summed E-state index contributed by atoms with van der Waals surface area (Å²) in [5.74, 6) is 0. The van der Waals surface area contributed by atoms with Crippen LogP contribution in [0.5, 0.6) is 0 Å². The fraction of sp³-hybridized carbons (Fsp3) is 0. The Kier molecular flexibility index (Phi) is 18.6. The van der Waals surface area contributed by atoms with Gasteiger partial charge >= 0.3 is 72.2 Å². The molecule has 0 saturated heterocycles. The van der Waals surface area contributed by atoms with Gasteiger partial charge in [-0.05, 0) is 0 Å². The van der Waals surface area contributed by atoms with E-state index in [9.17, 15) is 0 Å². The summed E-state index contributed by atoms with van der Waals surface area (Å²) in [4.78, 5) is 0. The van der Waals surface area contributed by atoms with E-state index in [1.165, 1.54) is 0 Å². The molecule has 0 rings (SSSR count). The third-order valence-corrected chi connectivity index (χ3v) is 0. The minimum absolute atomic E-state index is 0. The zero-order valence-corrected chi connectivity index (χ0v) is 7.43. The average molecular weight is 291 g/mol. The first kappa shape index (κ1) is 23.6. The van der Waals surface area contributed by atoms with Crippen LogP contribution >= 0.6 is 0 Å². The van der Waals surface area contributed by atoms with Gasteiger partial charge < -0.3 is 0 Å². The molecule has 1 radical (unpaired) electrons. The summed E-state index contributed by atoms with van der Waals surface area (Å²) < 4.78 is 63.2. The maximum absolute atomic E-state index is 8.74. The number of hydrogen-bond donors (Lipinski definition) is 4. The van der Waals surface area contributed by atoms with Gasteiger partial charge in [0.1, 0.15) is 0 Å². The summed E-state index contributed by atoms with van der Waals surface area (Å²) in [5, 5.41) is 0. The molecule has 0 atom stereocenters. The van der Waals surface area contributed by atoms with Crippen LogP contribution in [0.4, 0.5) is 0 Å². The van der Waals surface area contributed by atoms with Crippen molar-refractivity contribution in [2.75, 3.05) is 0 Å². The predicted molar refractivity (Wildman–Crippen MR) is 35.5 cm³/mol. The second-order valence-electron chi connectivity index (χ2n) is 0.896. The van der Waals surface area contributed by atoms with Gasteiger partial charge in [0.15, 0.2) is 0 Å². The molecule has 0 aromatic carbocycles. The average Bonchev–Trinajstić information content (AvgIpc) is 1.12. The van der Waals surface area contributed by atoms with E-state index in [0.29, 0.717) is 0 Å². The Bertz CT molecular complexity index is 213. The Morgan fingerprint density at radius 2 is 0.667 bits per heavy atom. The minimum atomic E-state index is -4.67. The standard InChI is InChI=1S/K.Mn.2H2O4S.H/c;;2*1-5(2,3)4;/h;;2*(H2,1,2,3,4);. The van der Waals surface area contributed by atoms with Crippen molar-refractivity contribution in [3.05, 3.63) is 0 Å². The fourth-order valence-corrected chi connectivity index (χ4v) is 0. The maximum Gasteiger partial charge on any atom is 0 e. The van der Waals surface area contributed by atoms with Gasteiger partial charge in [-0.15, -0.1) is 0 Å². The molecule has 0 aliphatic rings. The van der Waals surface area contributed by atoms with Gasteiger partial charge in [0.05, 0.1) is 0 Å². The van der Waals surface area contributed by atoms with Crippen LogP contribution in [-0.2, 0) is 37.9 Å². The molecular formula is H5KMnO8S2. The predicted octanol–water partition coefficient (Wildman–Crippen LogP) is -1.96. The maximum atomic E-state index is 8.74. The van der Waals surface area contributed by atoms with Crippen molar-refractivity contribution in [3.8, 4) is 0 Å². The minimum Gasteiger partial charge on any atom is 0 e. The zero-order valence-electron chi connectivity index (χ0n) is 4.62. The van der Waals surface area contributed by atoms with Gasteiger partial charge in [-0.3, -0.25) is 18.2 Å². The molecule has 0 bridgehead atoms. The second-order valence-corrected chi connectivity index (χ2v) is 2.69. The first-order valence-corrected chi connectivity index (χ1v) is 4.19. The van der Waals surface area contributed by atoms with Crippen LogP contribution in [0.3, 0.4) is 0 Å².